The Kier molecular flexibility index (Phi) is 8.17. The normalized spacial score (nSPS) is 14.7. The van der Waals surface area contributed by atoms with Crippen molar-refractivity contribution in [3.63, 3.8) is 0 Å². The lowest BCUT2D eigenvalue weighted by Crippen LogP contribution is -2.38. The number of fused-ring (bicyclic) bond motifs is 1. The number of nitrogens with zero attached hydrogens (tertiary/aromatic N) is 7. The molecule has 3 aromatic heterocycles. The Balaban J connectivity index is 1.39. The van der Waals surface area contributed by atoms with Crippen LogP contribution in [0.5, 0.6) is 0 Å². The molecule has 0 bridgehead atoms. The number of pyridine rings is 1. The molecule has 0 saturated carbocycles. The van der Waals surface area contributed by atoms with Crippen molar-refractivity contribution in [1.29, 1.82) is 5.26 Å². The third-order valence-corrected chi connectivity index (χ3v) is 7.72. The summed E-state index contributed by atoms with van der Waals surface area (Å²) in [6.07, 6.45) is 3.54. The molecule has 1 saturated heterocycles. The highest BCUT2D eigenvalue weighted by Gasteiger charge is 2.26. The van der Waals surface area contributed by atoms with E-state index in [0.29, 0.717) is 52.2 Å². The molecule has 202 valence electrons. The van der Waals surface area contributed by atoms with Crippen LogP contribution < -0.4 is 11.1 Å². The molecular weight excluding hydrogens is 533 g/mol. The second-order valence-electron chi connectivity index (χ2n) is 10.1. The second-order valence-corrected chi connectivity index (χ2v) is 11.0. The first-order chi connectivity index (χ1) is 18.8. The molecular formula is C28H31Cl2N9. The number of rotatable bonds is 8. The number of benzene rings is 1. The molecule has 1 aliphatic rings. The number of piperidine rings is 1. The van der Waals surface area contributed by atoms with Gasteiger partial charge in [0.2, 0.25) is 5.95 Å². The van der Waals surface area contributed by atoms with Crippen LogP contribution in [0.1, 0.15) is 56.1 Å². The monoisotopic (exact) mass is 563 g/mol. The minimum Gasteiger partial charge on any atom is -0.383 e. The van der Waals surface area contributed by atoms with Crippen molar-refractivity contribution in [2.24, 2.45) is 0 Å². The Hall–Kier alpha value is -3.45. The number of anilines is 2. The summed E-state index contributed by atoms with van der Waals surface area (Å²) >= 11 is 12.7. The van der Waals surface area contributed by atoms with Gasteiger partial charge in [-0.15, -0.1) is 5.10 Å². The summed E-state index contributed by atoms with van der Waals surface area (Å²) < 4.78 is 1.79. The lowest BCUT2D eigenvalue weighted by Gasteiger charge is -2.33. The summed E-state index contributed by atoms with van der Waals surface area (Å²) in [6, 6.07) is 13.4. The Morgan fingerprint density at radius 3 is 2.59 bits per heavy atom. The van der Waals surface area contributed by atoms with Gasteiger partial charge in [0.15, 0.2) is 11.5 Å². The first kappa shape index (κ1) is 27.1. The van der Waals surface area contributed by atoms with Gasteiger partial charge in [-0.25, -0.2) is 15.0 Å². The SMILES string of the molecule is CC(C)N1CCC(c2nc3cc(-c4ccc(Cl)cc4Cl)nc(NCCCc4ccc(C#N)c(N)n4)n3n2)CC1. The zero-order valence-corrected chi connectivity index (χ0v) is 23.5. The number of halogens is 2. The van der Waals surface area contributed by atoms with Crippen LogP contribution >= 0.6 is 23.2 Å². The van der Waals surface area contributed by atoms with Crippen molar-refractivity contribution >= 4 is 40.6 Å². The Morgan fingerprint density at radius 2 is 1.90 bits per heavy atom. The number of hydrogen-bond acceptors (Lipinski definition) is 8. The maximum Gasteiger partial charge on any atom is 0.226 e. The van der Waals surface area contributed by atoms with Gasteiger partial charge in [-0.05, 0) is 83.0 Å². The van der Waals surface area contributed by atoms with Crippen molar-refractivity contribution in [1.82, 2.24) is 29.5 Å². The minimum atomic E-state index is 0.258. The number of nitrogens with two attached hydrogens (primary N) is 1. The molecule has 11 heteroatoms. The highest BCUT2D eigenvalue weighted by molar-refractivity contribution is 6.36. The molecule has 0 radical (unpaired) electrons. The summed E-state index contributed by atoms with van der Waals surface area (Å²) in [5.41, 5.74) is 9.28. The van der Waals surface area contributed by atoms with Crippen molar-refractivity contribution in [3.8, 4) is 17.3 Å². The van der Waals surface area contributed by atoms with Crippen LogP contribution in [-0.4, -0.2) is 55.1 Å². The van der Waals surface area contributed by atoms with Crippen LogP contribution in [0.3, 0.4) is 0 Å². The summed E-state index contributed by atoms with van der Waals surface area (Å²) in [5, 5.41) is 18.5. The highest BCUT2D eigenvalue weighted by atomic mass is 35.5. The predicted octanol–water partition coefficient (Wildman–Crippen LogP) is 5.58. The summed E-state index contributed by atoms with van der Waals surface area (Å²) in [5.74, 6) is 2.01. The van der Waals surface area contributed by atoms with E-state index >= 15 is 0 Å². The molecule has 9 nitrogen and oxygen atoms in total. The lowest BCUT2D eigenvalue weighted by atomic mass is 9.95. The molecule has 0 unspecified atom stereocenters. The van der Waals surface area contributed by atoms with E-state index in [-0.39, 0.29) is 5.82 Å². The average molecular weight is 565 g/mol. The van der Waals surface area contributed by atoms with Gasteiger partial charge in [0.05, 0.1) is 16.3 Å². The maximum absolute atomic E-state index is 9.07. The molecule has 0 aliphatic carbocycles. The van der Waals surface area contributed by atoms with Crippen LogP contribution in [0.15, 0.2) is 36.4 Å². The summed E-state index contributed by atoms with van der Waals surface area (Å²) in [6.45, 7) is 7.19. The van der Waals surface area contributed by atoms with E-state index in [1.165, 1.54) is 0 Å². The van der Waals surface area contributed by atoms with E-state index in [1.54, 1.807) is 22.7 Å². The molecule has 4 aromatic rings. The van der Waals surface area contributed by atoms with Crippen molar-refractivity contribution in [2.45, 2.75) is 51.5 Å². The van der Waals surface area contributed by atoms with Gasteiger partial charge in [0, 0.05) is 40.9 Å². The predicted molar refractivity (Wildman–Crippen MR) is 155 cm³/mol. The molecule has 0 atom stereocenters. The Morgan fingerprint density at radius 1 is 1.10 bits per heavy atom. The number of nitrogen functional groups attached to an aromatic ring is 1. The van der Waals surface area contributed by atoms with Crippen molar-refractivity contribution in [2.75, 3.05) is 30.7 Å². The van der Waals surface area contributed by atoms with Crippen molar-refractivity contribution < 1.29 is 0 Å². The first-order valence-corrected chi connectivity index (χ1v) is 13.9. The van der Waals surface area contributed by atoms with E-state index in [2.05, 4.69) is 29.0 Å². The smallest absolute Gasteiger partial charge is 0.226 e. The Labute approximate surface area is 238 Å². The van der Waals surface area contributed by atoms with Gasteiger partial charge in [0.1, 0.15) is 11.9 Å². The van der Waals surface area contributed by atoms with Gasteiger partial charge >= 0.3 is 0 Å². The van der Waals surface area contributed by atoms with E-state index < -0.39 is 0 Å². The molecule has 0 spiro atoms. The van der Waals surface area contributed by atoms with E-state index in [1.807, 2.05) is 24.3 Å². The second kappa shape index (κ2) is 11.7. The average Bonchev–Trinajstić information content (AvgIpc) is 3.35. The van der Waals surface area contributed by atoms with Gasteiger partial charge in [-0.3, -0.25) is 0 Å². The molecule has 1 fully saturated rings. The largest absolute Gasteiger partial charge is 0.383 e. The van der Waals surface area contributed by atoms with E-state index in [0.717, 1.165) is 55.1 Å². The fourth-order valence-electron chi connectivity index (χ4n) is 4.92. The third kappa shape index (κ3) is 6.09. The van der Waals surface area contributed by atoms with Gasteiger partial charge < -0.3 is 16.0 Å². The van der Waals surface area contributed by atoms with Crippen LogP contribution in [0.25, 0.3) is 16.9 Å². The van der Waals surface area contributed by atoms with Crippen molar-refractivity contribution in [3.05, 3.63) is 63.5 Å². The highest BCUT2D eigenvalue weighted by Crippen LogP contribution is 2.32. The number of hydrogen-bond donors (Lipinski definition) is 2. The number of aromatic nitrogens is 5. The molecule has 1 aromatic carbocycles. The van der Waals surface area contributed by atoms with Crippen LogP contribution in [0, 0.1) is 11.3 Å². The van der Waals surface area contributed by atoms with Gasteiger partial charge in [-0.2, -0.15) is 9.78 Å². The minimum absolute atomic E-state index is 0.258. The number of aryl methyl sites for hydroxylation is 1. The number of nitriles is 1. The van der Waals surface area contributed by atoms with Crippen LogP contribution in [0.4, 0.5) is 11.8 Å². The molecule has 1 aliphatic heterocycles. The first-order valence-electron chi connectivity index (χ1n) is 13.2. The number of nitrogens with one attached hydrogen (secondary N) is 1. The lowest BCUT2D eigenvalue weighted by molar-refractivity contribution is 0.169. The topological polar surface area (TPSA) is 121 Å². The molecule has 39 heavy (non-hydrogen) atoms. The molecule has 5 rings (SSSR count). The maximum atomic E-state index is 9.07. The van der Waals surface area contributed by atoms with Crippen LogP contribution in [0.2, 0.25) is 10.0 Å². The summed E-state index contributed by atoms with van der Waals surface area (Å²) in [7, 11) is 0. The molecule has 3 N–H and O–H groups in total. The van der Waals surface area contributed by atoms with Gasteiger partial charge in [-0.1, -0.05) is 23.2 Å². The third-order valence-electron chi connectivity index (χ3n) is 7.17. The fourth-order valence-corrected chi connectivity index (χ4v) is 5.43. The number of likely N-dealkylation sites (tertiary alicyclic amines) is 1. The standard InChI is InChI=1S/C28H31Cl2N9/c1-17(2)38-12-9-18(10-13-38)27-36-25-15-24(22-8-6-20(29)14-23(22)30)35-28(39(25)37-27)33-11-3-4-21-7-5-19(16-31)26(32)34-21/h5-8,14-15,17-18H,3-4,9-13H2,1-2H3,(H2,32,34)(H,33,35). The Bertz CT molecular complexity index is 1520. The molecule has 4 heterocycles. The molecule has 0 amide bonds. The zero-order valence-electron chi connectivity index (χ0n) is 22.0. The van der Waals surface area contributed by atoms with E-state index in [4.69, 9.17) is 49.3 Å². The zero-order chi connectivity index (χ0) is 27.5. The van der Waals surface area contributed by atoms with Gasteiger partial charge in [0.25, 0.3) is 0 Å². The summed E-state index contributed by atoms with van der Waals surface area (Å²) in [4.78, 5) is 16.6. The van der Waals surface area contributed by atoms with Crippen LogP contribution in [-0.2, 0) is 6.42 Å². The quantitative estimate of drug-likeness (QED) is 0.266. The fraction of sp³-hybridized carbons (Fsp3) is 0.393. The van der Waals surface area contributed by atoms with E-state index in [9.17, 15) is 0 Å².